The van der Waals surface area contributed by atoms with Crippen molar-refractivity contribution < 1.29 is 18.7 Å². The van der Waals surface area contributed by atoms with Crippen molar-refractivity contribution in [2.24, 2.45) is 5.41 Å². The van der Waals surface area contributed by atoms with Gasteiger partial charge in [-0.05, 0) is 42.2 Å². The van der Waals surface area contributed by atoms with E-state index in [1.165, 1.54) is 6.07 Å². The Kier molecular flexibility index (Phi) is 6.12. The van der Waals surface area contributed by atoms with Crippen molar-refractivity contribution in [1.82, 2.24) is 0 Å². The van der Waals surface area contributed by atoms with Gasteiger partial charge in [0.2, 0.25) is 0 Å². The largest absolute Gasteiger partial charge is 0.392 e. The second-order valence-corrected chi connectivity index (χ2v) is 9.73. The molecule has 5 nitrogen and oxygen atoms in total. The fraction of sp³-hybridized carbons (Fsp3) is 0.455. The quantitative estimate of drug-likeness (QED) is 0.624. The number of hydrogen-bond acceptors (Lipinski definition) is 5. The van der Waals surface area contributed by atoms with E-state index in [-0.39, 0.29) is 10.6 Å². The number of aliphatic hydroxyl groups excluding tert-OH is 1. The molecular formula is C22H29NO4S. The van der Waals surface area contributed by atoms with E-state index in [1.54, 1.807) is 12.1 Å². The zero-order chi connectivity index (χ0) is 20.4. The average Bonchev–Trinajstić information content (AvgIpc) is 2.78. The van der Waals surface area contributed by atoms with E-state index in [9.17, 15) is 18.7 Å². The molecule has 3 N–H and O–H groups in total. The topological polar surface area (TPSA) is 86.6 Å². The lowest BCUT2D eigenvalue weighted by atomic mass is 9.69. The zero-order valence-corrected chi connectivity index (χ0v) is 17.2. The maximum atomic E-state index is 13.4. The highest BCUT2D eigenvalue weighted by atomic mass is 32.2. The van der Waals surface area contributed by atoms with Crippen LogP contribution in [0.3, 0.4) is 0 Å². The molecule has 2 aromatic rings. The Hall–Kier alpha value is -1.89. The molecule has 0 amide bonds. The molecule has 1 aliphatic rings. The minimum Gasteiger partial charge on any atom is -0.392 e. The molecular weight excluding hydrogens is 374 g/mol. The van der Waals surface area contributed by atoms with Gasteiger partial charge in [-0.25, -0.2) is 8.42 Å². The van der Waals surface area contributed by atoms with E-state index in [0.29, 0.717) is 24.1 Å². The number of nitrogens with one attached hydrogen (secondary N) is 1. The van der Waals surface area contributed by atoms with E-state index in [0.717, 1.165) is 18.4 Å². The van der Waals surface area contributed by atoms with Gasteiger partial charge >= 0.3 is 0 Å². The number of rotatable bonds is 6. The summed E-state index contributed by atoms with van der Waals surface area (Å²) in [5.74, 6) is -0.557. The molecule has 3 atom stereocenters. The molecule has 1 heterocycles. The summed E-state index contributed by atoms with van der Waals surface area (Å²) in [4.78, 5) is 0.242. The molecule has 0 bridgehead atoms. The lowest BCUT2D eigenvalue weighted by molar-refractivity contribution is 0.0174. The van der Waals surface area contributed by atoms with Gasteiger partial charge < -0.3 is 5.11 Å². The third kappa shape index (κ3) is 3.69. The Balaban J connectivity index is 2.29. The molecule has 0 fully saturated rings. The van der Waals surface area contributed by atoms with Crippen LogP contribution in [-0.4, -0.2) is 30.6 Å². The molecule has 28 heavy (non-hydrogen) atoms. The number of sulfone groups is 1. The molecule has 0 saturated carbocycles. The summed E-state index contributed by atoms with van der Waals surface area (Å²) in [5.41, 5.74) is 3.19. The first-order valence-electron chi connectivity index (χ1n) is 9.88. The predicted octanol–water partition coefficient (Wildman–Crippen LogP) is 4.35. The Morgan fingerprint density at radius 2 is 1.86 bits per heavy atom. The van der Waals surface area contributed by atoms with Gasteiger partial charge in [-0.3, -0.25) is 10.7 Å². The van der Waals surface area contributed by atoms with Crippen LogP contribution in [0.15, 0.2) is 53.4 Å². The van der Waals surface area contributed by atoms with Crippen LogP contribution >= 0.6 is 0 Å². The standard InChI is InChI=1S/C22H29NO4S/c1-3-5-13-22(4-2)15-28(26,27)19-12-11-17(23-25)14-18(19)20(21(22)24)16-9-7-6-8-10-16/h6-12,14,20-21,23-25H,3-5,13,15H2,1-2H3/t20-,21-,22-/m1/s1. The number of benzene rings is 2. The summed E-state index contributed by atoms with van der Waals surface area (Å²) in [6.07, 6.45) is 2.19. The summed E-state index contributed by atoms with van der Waals surface area (Å²) in [5, 5.41) is 21.0. The van der Waals surface area contributed by atoms with E-state index in [4.69, 9.17) is 0 Å². The first-order chi connectivity index (χ1) is 13.4. The first-order valence-corrected chi connectivity index (χ1v) is 11.5. The van der Waals surface area contributed by atoms with E-state index in [2.05, 4.69) is 12.4 Å². The number of hydrogen-bond donors (Lipinski definition) is 3. The summed E-state index contributed by atoms with van der Waals surface area (Å²) >= 11 is 0. The Morgan fingerprint density at radius 1 is 1.14 bits per heavy atom. The fourth-order valence-corrected chi connectivity index (χ4v) is 6.72. The lowest BCUT2D eigenvalue weighted by Gasteiger charge is -2.39. The SMILES string of the molecule is CCCC[C@]1(CC)CS(=O)(=O)c2ccc(NO)cc2[C@@H](c2ccccc2)[C@H]1O. The minimum atomic E-state index is -3.60. The van der Waals surface area contributed by atoms with Gasteiger partial charge in [0, 0.05) is 11.3 Å². The zero-order valence-electron chi connectivity index (χ0n) is 16.4. The monoisotopic (exact) mass is 403 g/mol. The predicted molar refractivity (Wildman–Crippen MR) is 110 cm³/mol. The number of aliphatic hydroxyl groups is 1. The molecule has 0 saturated heterocycles. The van der Waals surface area contributed by atoms with Gasteiger partial charge in [0.15, 0.2) is 9.84 Å². The molecule has 1 aliphatic heterocycles. The molecule has 6 heteroatoms. The van der Waals surface area contributed by atoms with Crippen LogP contribution in [0.5, 0.6) is 0 Å². The smallest absolute Gasteiger partial charge is 0.179 e. The van der Waals surface area contributed by atoms with Crippen LogP contribution in [-0.2, 0) is 9.84 Å². The lowest BCUT2D eigenvalue weighted by Crippen LogP contribution is -2.42. The van der Waals surface area contributed by atoms with Gasteiger partial charge in [-0.2, -0.15) is 0 Å². The second-order valence-electron chi connectivity index (χ2n) is 7.78. The van der Waals surface area contributed by atoms with Crippen LogP contribution < -0.4 is 5.48 Å². The van der Waals surface area contributed by atoms with E-state index < -0.39 is 27.3 Å². The Bertz CT molecular complexity index is 913. The molecule has 0 spiro atoms. The van der Waals surface area contributed by atoms with Crippen molar-refractivity contribution in [1.29, 1.82) is 0 Å². The van der Waals surface area contributed by atoms with Gasteiger partial charge in [0.1, 0.15) is 0 Å². The van der Waals surface area contributed by atoms with Crippen molar-refractivity contribution in [3.05, 3.63) is 59.7 Å². The normalized spacial score (nSPS) is 26.3. The third-order valence-electron chi connectivity index (χ3n) is 6.12. The summed E-state index contributed by atoms with van der Waals surface area (Å²) < 4.78 is 26.7. The van der Waals surface area contributed by atoms with Gasteiger partial charge in [-0.15, -0.1) is 0 Å². The third-order valence-corrected chi connectivity index (χ3v) is 8.12. The molecule has 0 unspecified atom stereocenters. The van der Waals surface area contributed by atoms with Crippen molar-refractivity contribution >= 4 is 15.5 Å². The molecule has 3 rings (SSSR count). The highest BCUT2D eigenvalue weighted by Gasteiger charge is 2.48. The number of anilines is 1. The maximum absolute atomic E-state index is 13.4. The minimum absolute atomic E-state index is 0.0695. The second kappa shape index (κ2) is 8.23. The van der Waals surface area contributed by atoms with Crippen LogP contribution in [0.25, 0.3) is 0 Å². The summed E-state index contributed by atoms with van der Waals surface area (Å²) in [6.45, 7) is 4.04. The molecule has 0 aliphatic carbocycles. The van der Waals surface area contributed by atoms with Crippen molar-refractivity contribution in [3.8, 4) is 0 Å². The van der Waals surface area contributed by atoms with Crippen molar-refractivity contribution in [3.63, 3.8) is 0 Å². The van der Waals surface area contributed by atoms with E-state index in [1.807, 2.05) is 37.3 Å². The fourth-order valence-electron chi connectivity index (χ4n) is 4.47. The van der Waals surface area contributed by atoms with Crippen LogP contribution in [0.2, 0.25) is 0 Å². The van der Waals surface area contributed by atoms with Gasteiger partial charge in [-0.1, -0.05) is 57.0 Å². The molecule has 2 aromatic carbocycles. The maximum Gasteiger partial charge on any atom is 0.179 e. The highest BCUT2D eigenvalue weighted by molar-refractivity contribution is 7.91. The summed E-state index contributed by atoms with van der Waals surface area (Å²) in [7, 11) is -3.60. The number of unbranched alkanes of at least 4 members (excludes halogenated alkanes) is 1. The first kappa shape index (κ1) is 20.8. The Morgan fingerprint density at radius 3 is 2.46 bits per heavy atom. The van der Waals surface area contributed by atoms with E-state index >= 15 is 0 Å². The van der Waals surface area contributed by atoms with Crippen LogP contribution in [0.1, 0.15) is 56.6 Å². The molecule has 152 valence electrons. The van der Waals surface area contributed by atoms with Gasteiger partial charge in [0.25, 0.3) is 0 Å². The average molecular weight is 404 g/mol. The number of fused-ring (bicyclic) bond motifs is 1. The van der Waals surface area contributed by atoms with Crippen molar-refractivity contribution in [2.75, 3.05) is 11.2 Å². The van der Waals surface area contributed by atoms with Crippen LogP contribution in [0, 0.1) is 5.41 Å². The Labute approximate surface area is 167 Å². The molecule has 0 radical (unpaired) electrons. The van der Waals surface area contributed by atoms with Gasteiger partial charge in [0.05, 0.1) is 22.4 Å². The van der Waals surface area contributed by atoms with Crippen molar-refractivity contribution in [2.45, 2.75) is 56.4 Å². The summed E-state index contributed by atoms with van der Waals surface area (Å²) in [6, 6.07) is 14.3. The highest BCUT2D eigenvalue weighted by Crippen LogP contribution is 2.49. The van der Waals surface area contributed by atoms with Crippen LogP contribution in [0.4, 0.5) is 5.69 Å². The molecule has 0 aromatic heterocycles.